The number of hydrogen-bond acceptors (Lipinski definition) is 4. The van der Waals surface area contributed by atoms with Gasteiger partial charge in [-0.3, -0.25) is 14.5 Å². The molecule has 154 valence electrons. The summed E-state index contributed by atoms with van der Waals surface area (Å²) in [6, 6.07) is 14.0. The highest BCUT2D eigenvalue weighted by Gasteiger charge is 2.25. The molecule has 4 rings (SSSR count). The van der Waals surface area contributed by atoms with E-state index in [2.05, 4.69) is 10.2 Å². The van der Waals surface area contributed by atoms with Crippen LogP contribution in [-0.2, 0) is 20.7 Å². The van der Waals surface area contributed by atoms with Crippen molar-refractivity contribution in [3.63, 3.8) is 0 Å². The first-order chi connectivity index (χ1) is 14.2. The van der Waals surface area contributed by atoms with Gasteiger partial charge in [0, 0.05) is 39.3 Å². The maximum absolute atomic E-state index is 12.5. The SMILES string of the molecule is O=C(Cc1cccc2ccccc12)NCC(=O)N1CCN(CC2CCCO2)CC1. The molecule has 29 heavy (non-hydrogen) atoms. The molecule has 2 saturated heterocycles. The fraction of sp³-hybridized carbons (Fsp3) is 0.478. The molecule has 6 heteroatoms. The molecule has 0 radical (unpaired) electrons. The van der Waals surface area contributed by atoms with Gasteiger partial charge in [0.2, 0.25) is 11.8 Å². The summed E-state index contributed by atoms with van der Waals surface area (Å²) in [7, 11) is 0. The van der Waals surface area contributed by atoms with Gasteiger partial charge in [-0.1, -0.05) is 42.5 Å². The van der Waals surface area contributed by atoms with E-state index in [1.54, 1.807) is 0 Å². The molecule has 2 aliphatic rings. The second-order valence-corrected chi connectivity index (χ2v) is 7.91. The summed E-state index contributed by atoms with van der Waals surface area (Å²) in [6.45, 7) is 5.07. The quantitative estimate of drug-likeness (QED) is 0.811. The fourth-order valence-corrected chi connectivity index (χ4v) is 4.22. The number of piperazine rings is 1. The van der Waals surface area contributed by atoms with Gasteiger partial charge in [0.05, 0.1) is 19.1 Å². The second-order valence-electron chi connectivity index (χ2n) is 7.91. The number of carbonyl (C=O) groups excluding carboxylic acids is 2. The number of benzene rings is 2. The first kappa shape index (κ1) is 19.9. The van der Waals surface area contributed by atoms with Crippen molar-refractivity contribution in [2.75, 3.05) is 45.9 Å². The van der Waals surface area contributed by atoms with Crippen molar-refractivity contribution < 1.29 is 14.3 Å². The summed E-state index contributed by atoms with van der Waals surface area (Å²) in [5.74, 6) is -0.125. The van der Waals surface area contributed by atoms with E-state index in [9.17, 15) is 9.59 Å². The van der Waals surface area contributed by atoms with Crippen molar-refractivity contribution in [2.24, 2.45) is 0 Å². The third-order valence-corrected chi connectivity index (χ3v) is 5.88. The summed E-state index contributed by atoms with van der Waals surface area (Å²) < 4.78 is 5.70. The van der Waals surface area contributed by atoms with E-state index in [0.717, 1.165) is 55.4 Å². The van der Waals surface area contributed by atoms with Gasteiger partial charge < -0.3 is 15.0 Å². The summed E-state index contributed by atoms with van der Waals surface area (Å²) in [5, 5.41) is 5.00. The summed E-state index contributed by atoms with van der Waals surface area (Å²) in [6.07, 6.45) is 2.93. The highest BCUT2D eigenvalue weighted by molar-refractivity contribution is 5.91. The van der Waals surface area contributed by atoms with Crippen LogP contribution in [0, 0.1) is 0 Å². The zero-order valence-corrected chi connectivity index (χ0v) is 16.8. The topological polar surface area (TPSA) is 61.9 Å². The molecule has 0 spiro atoms. The second kappa shape index (κ2) is 9.37. The average Bonchev–Trinajstić information content (AvgIpc) is 3.26. The Balaban J connectivity index is 1.22. The molecular formula is C23H29N3O3. The smallest absolute Gasteiger partial charge is 0.242 e. The van der Waals surface area contributed by atoms with E-state index in [0.29, 0.717) is 19.2 Å². The van der Waals surface area contributed by atoms with Crippen molar-refractivity contribution in [2.45, 2.75) is 25.4 Å². The number of carbonyl (C=O) groups is 2. The van der Waals surface area contributed by atoms with Crippen molar-refractivity contribution in [3.05, 3.63) is 48.0 Å². The molecule has 0 aromatic heterocycles. The predicted octanol–water partition coefficient (Wildman–Crippen LogP) is 1.82. The zero-order chi connectivity index (χ0) is 20.1. The Bertz CT molecular complexity index is 850. The van der Waals surface area contributed by atoms with E-state index in [1.807, 2.05) is 47.4 Å². The Morgan fingerprint density at radius 3 is 2.62 bits per heavy atom. The van der Waals surface area contributed by atoms with Gasteiger partial charge in [-0.2, -0.15) is 0 Å². The average molecular weight is 396 g/mol. The lowest BCUT2D eigenvalue weighted by molar-refractivity contribution is -0.134. The number of nitrogens with one attached hydrogen (secondary N) is 1. The minimum atomic E-state index is -0.119. The van der Waals surface area contributed by atoms with Crippen molar-refractivity contribution in [1.82, 2.24) is 15.1 Å². The van der Waals surface area contributed by atoms with Crippen LogP contribution in [-0.4, -0.2) is 73.6 Å². The zero-order valence-electron chi connectivity index (χ0n) is 16.8. The summed E-state index contributed by atoms with van der Waals surface area (Å²) in [4.78, 5) is 29.1. The van der Waals surface area contributed by atoms with Gasteiger partial charge in [-0.25, -0.2) is 0 Å². The van der Waals surface area contributed by atoms with Crippen LogP contribution in [0.4, 0.5) is 0 Å². The first-order valence-electron chi connectivity index (χ1n) is 10.5. The Kier molecular flexibility index (Phi) is 6.42. The fourth-order valence-electron chi connectivity index (χ4n) is 4.22. The van der Waals surface area contributed by atoms with Gasteiger partial charge in [-0.05, 0) is 29.2 Å². The van der Waals surface area contributed by atoms with E-state index in [-0.39, 0.29) is 24.8 Å². The highest BCUT2D eigenvalue weighted by Crippen LogP contribution is 2.19. The van der Waals surface area contributed by atoms with Crippen LogP contribution in [0.15, 0.2) is 42.5 Å². The van der Waals surface area contributed by atoms with Crippen LogP contribution >= 0.6 is 0 Å². The Morgan fingerprint density at radius 2 is 1.83 bits per heavy atom. The largest absolute Gasteiger partial charge is 0.377 e. The molecule has 2 amide bonds. The van der Waals surface area contributed by atoms with Crippen LogP contribution in [0.25, 0.3) is 10.8 Å². The molecule has 0 bridgehead atoms. The lowest BCUT2D eigenvalue weighted by atomic mass is 10.0. The lowest BCUT2D eigenvalue weighted by Gasteiger charge is -2.35. The number of amides is 2. The van der Waals surface area contributed by atoms with Crippen LogP contribution in [0.2, 0.25) is 0 Å². The van der Waals surface area contributed by atoms with Gasteiger partial charge in [0.25, 0.3) is 0 Å². The molecular weight excluding hydrogens is 366 g/mol. The predicted molar refractivity (Wildman–Crippen MR) is 113 cm³/mol. The van der Waals surface area contributed by atoms with Crippen molar-refractivity contribution in [1.29, 1.82) is 0 Å². The van der Waals surface area contributed by atoms with Crippen LogP contribution in [0.5, 0.6) is 0 Å². The molecule has 6 nitrogen and oxygen atoms in total. The van der Waals surface area contributed by atoms with Crippen LogP contribution in [0.3, 0.4) is 0 Å². The van der Waals surface area contributed by atoms with Gasteiger partial charge in [0.15, 0.2) is 0 Å². The molecule has 2 heterocycles. The van der Waals surface area contributed by atoms with Gasteiger partial charge in [-0.15, -0.1) is 0 Å². The standard InChI is InChI=1S/C23H29N3O3/c27-22(15-19-7-3-6-18-5-1-2-9-21(18)19)24-16-23(28)26-12-10-25(11-13-26)17-20-8-4-14-29-20/h1-3,5-7,9,20H,4,8,10-17H2,(H,24,27). The minimum absolute atomic E-state index is 0.00645. The van der Waals surface area contributed by atoms with Gasteiger partial charge in [0.1, 0.15) is 0 Å². The number of nitrogens with zero attached hydrogens (tertiary/aromatic N) is 2. The molecule has 2 aliphatic heterocycles. The monoisotopic (exact) mass is 395 g/mol. The van der Waals surface area contributed by atoms with Gasteiger partial charge >= 0.3 is 0 Å². The number of ether oxygens (including phenoxy) is 1. The molecule has 0 aliphatic carbocycles. The Hall–Kier alpha value is -2.44. The van der Waals surface area contributed by atoms with Crippen molar-refractivity contribution >= 4 is 22.6 Å². The van der Waals surface area contributed by atoms with E-state index < -0.39 is 0 Å². The molecule has 0 saturated carbocycles. The third-order valence-electron chi connectivity index (χ3n) is 5.88. The number of hydrogen-bond donors (Lipinski definition) is 1. The van der Waals surface area contributed by atoms with E-state index in [4.69, 9.17) is 4.74 Å². The van der Waals surface area contributed by atoms with Crippen molar-refractivity contribution in [3.8, 4) is 0 Å². The van der Waals surface area contributed by atoms with E-state index >= 15 is 0 Å². The maximum Gasteiger partial charge on any atom is 0.242 e. The Morgan fingerprint density at radius 1 is 1.03 bits per heavy atom. The number of fused-ring (bicyclic) bond motifs is 1. The highest BCUT2D eigenvalue weighted by atomic mass is 16.5. The maximum atomic E-state index is 12.5. The van der Waals surface area contributed by atoms with Crippen LogP contribution in [0.1, 0.15) is 18.4 Å². The Labute approximate surface area is 171 Å². The lowest BCUT2D eigenvalue weighted by Crippen LogP contribution is -2.52. The first-order valence-corrected chi connectivity index (χ1v) is 10.5. The molecule has 2 fully saturated rings. The molecule has 2 aromatic carbocycles. The summed E-state index contributed by atoms with van der Waals surface area (Å²) in [5.41, 5.74) is 0.982. The van der Waals surface area contributed by atoms with E-state index in [1.165, 1.54) is 0 Å². The minimum Gasteiger partial charge on any atom is -0.377 e. The summed E-state index contributed by atoms with van der Waals surface area (Å²) >= 11 is 0. The third kappa shape index (κ3) is 5.14. The number of rotatable bonds is 6. The normalized spacial score (nSPS) is 20.1. The molecule has 1 atom stereocenters. The van der Waals surface area contributed by atoms with Crippen LogP contribution < -0.4 is 5.32 Å². The molecule has 2 aromatic rings. The molecule has 1 unspecified atom stereocenters. The molecule has 1 N–H and O–H groups in total.